The minimum absolute atomic E-state index is 0.272. The SMILES string of the molecule is O=C(C1CC1)N1CCc2c(ncnc2NCCCn2ccnc2)C1. The van der Waals surface area contributed by atoms with Crippen LogP contribution in [-0.4, -0.2) is 43.4 Å². The van der Waals surface area contributed by atoms with Crippen molar-refractivity contribution in [3.63, 3.8) is 0 Å². The normalized spacial score (nSPS) is 16.8. The summed E-state index contributed by atoms with van der Waals surface area (Å²) in [7, 11) is 0. The van der Waals surface area contributed by atoms with Crippen LogP contribution >= 0.6 is 0 Å². The maximum absolute atomic E-state index is 12.2. The van der Waals surface area contributed by atoms with Gasteiger partial charge in [-0.3, -0.25) is 4.79 Å². The van der Waals surface area contributed by atoms with Crippen molar-refractivity contribution in [2.24, 2.45) is 5.92 Å². The summed E-state index contributed by atoms with van der Waals surface area (Å²) in [5, 5.41) is 3.43. The third kappa shape index (κ3) is 3.25. The summed E-state index contributed by atoms with van der Waals surface area (Å²) >= 11 is 0. The number of nitrogens with zero attached hydrogens (tertiary/aromatic N) is 5. The van der Waals surface area contributed by atoms with E-state index in [2.05, 4.69) is 24.8 Å². The average molecular weight is 326 g/mol. The largest absolute Gasteiger partial charge is 0.370 e. The summed E-state index contributed by atoms with van der Waals surface area (Å²) in [6.45, 7) is 3.19. The minimum atomic E-state index is 0.272. The molecule has 1 aliphatic carbocycles. The molecular weight excluding hydrogens is 304 g/mol. The molecule has 1 amide bonds. The average Bonchev–Trinajstić information content (AvgIpc) is 3.34. The van der Waals surface area contributed by atoms with Gasteiger partial charge in [0.1, 0.15) is 12.1 Å². The Morgan fingerprint density at radius 2 is 2.25 bits per heavy atom. The zero-order valence-corrected chi connectivity index (χ0v) is 13.7. The fourth-order valence-corrected chi connectivity index (χ4v) is 3.17. The van der Waals surface area contributed by atoms with Crippen LogP contribution in [0.2, 0.25) is 0 Å². The molecule has 0 saturated heterocycles. The molecule has 1 N–H and O–H groups in total. The molecule has 0 aromatic carbocycles. The van der Waals surface area contributed by atoms with E-state index in [0.717, 1.165) is 56.8 Å². The minimum Gasteiger partial charge on any atom is -0.370 e. The predicted molar refractivity (Wildman–Crippen MR) is 89.2 cm³/mol. The number of hydrogen-bond acceptors (Lipinski definition) is 5. The van der Waals surface area contributed by atoms with Gasteiger partial charge in [-0.05, 0) is 25.7 Å². The van der Waals surface area contributed by atoms with Crippen LogP contribution in [0.25, 0.3) is 0 Å². The molecule has 0 spiro atoms. The molecular formula is C17H22N6O. The topological polar surface area (TPSA) is 75.9 Å². The van der Waals surface area contributed by atoms with Crippen LogP contribution < -0.4 is 5.32 Å². The van der Waals surface area contributed by atoms with Crippen LogP contribution in [0.1, 0.15) is 30.5 Å². The summed E-state index contributed by atoms with van der Waals surface area (Å²) in [5.41, 5.74) is 2.15. The van der Waals surface area contributed by atoms with Gasteiger partial charge in [0, 0.05) is 43.5 Å². The van der Waals surface area contributed by atoms with E-state index in [0.29, 0.717) is 12.5 Å². The van der Waals surface area contributed by atoms with Crippen molar-refractivity contribution in [2.75, 3.05) is 18.4 Å². The molecule has 1 saturated carbocycles. The van der Waals surface area contributed by atoms with Gasteiger partial charge in [0.25, 0.3) is 0 Å². The van der Waals surface area contributed by atoms with E-state index >= 15 is 0 Å². The van der Waals surface area contributed by atoms with E-state index in [9.17, 15) is 4.79 Å². The van der Waals surface area contributed by atoms with Crippen molar-refractivity contribution in [1.82, 2.24) is 24.4 Å². The zero-order chi connectivity index (χ0) is 16.4. The van der Waals surface area contributed by atoms with E-state index in [1.807, 2.05) is 17.4 Å². The molecule has 24 heavy (non-hydrogen) atoms. The van der Waals surface area contributed by atoms with Crippen LogP contribution in [-0.2, 0) is 24.3 Å². The molecule has 7 heteroatoms. The summed E-state index contributed by atoms with van der Waals surface area (Å²) in [6.07, 6.45) is 11.1. The van der Waals surface area contributed by atoms with Crippen molar-refractivity contribution in [3.05, 3.63) is 36.3 Å². The van der Waals surface area contributed by atoms with E-state index in [1.54, 1.807) is 12.5 Å². The van der Waals surface area contributed by atoms with Gasteiger partial charge in [-0.2, -0.15) is 0 Å². The Morgan fingerprint density at radius 3 is 3.04 bits per heavy atom. The molecule has 3 heterocycles. The van der Waals surface area contributed by atoms with Crippen LogP contribution in [0.5, 0.6) is 0 Å². The standard InChI is InChI=1S/C17H22N6O/c24-17(13-2-3-13)23-8-4-14-15(10-23)20-11-21-16(14)19-5-1-7-22-9-6-18-12-22/h6,9,11-13H,1-5,7-8,10H2,(H,19,20,21). The lowest BCUT2D eigenvalue weighted by Crippen LogP contribution is -2.37. The zero-order valence-electron chi connectivity index (χ0n) is 13.7. The second-order valence-corrected chi connectivity index (χ2v) is 6.51. The fourth-order valence-electron chi connectivity index (χ4n) is 3.17. The van der Waals surface area contributed by atoms with E-state index in [-0.39, 0.29) is 5.92 Å². The predicted octanol–water partition coefficient (Wildman–Crippen LogP) is 1.47. The third-order valence-electron chi connectivity index (χ3n) is 4.69. The molecule has 0 atom stereocenters. The Morgan fingerprint density at radius 1 is 1.33 bits per heavy atom. The van der Waals surface area contributed by atoms with Crippen LogP contribution in [0.15, 0.2) is 25.0 Å². The first-order chi connectivity index (χ1) is 11.8. The Hall–Kier alpha value is -2.44. The first-order valence-corrected chi connectivity index (χ1v) is 8.62. The second kappa shape index (κ2) is 6.59. The van der Waals surface area contributed by atoms with Gasteiger partial charge in [0.15, 0.2) is 0 Å². The Labute approximate surface area is 141 Å². The highest BCUT2D eigenvalue weighted by Gasteiger charge is 2.35. The second-order valence-electron chi connectivity index (χ2n) is 6.51. The van der Waals surface area contributed by atoms with Gasteiger partial charge in [-0.25, -0.2) is 15.0 Å². The van der Waals surface area contributed by atoms with Crippen molar-refractivity contribution < 1.29 is 4.79 Å². The first-order valence-electron chi connectivity index (χ1n) is 8.62. The number of rotatable bonds is 6. The number of carbonyl (C=O) groups excluding carboxylic acids is 1. The number of fused-ring (bicyclic) bond motifs is 1. The molecule has 126 valence electrons. The van der Waals surface area contributed by atoms with Gasteiger partial charge < -0.3 is 14.8 Å². The number of aromatic nitrogens is 4. The number of anilines is 1. The van der Waals surface area contributed by atoms with Crippen molar-refractivity contribution in [3.8, 4) is 0 Å². The molecule has 1 fully saturated rings. The number of amides is 1. The number of nitrogens with one attached hydrogen (secondary N) is 1. The summed E-state index contributed by atoms with van der Waals surface area (Å²) in [6, 6.07) is 0. The molecule has 2 aromatic rings. The number of carbonyl (C=O) groups is 1. The van der Waals surface area contributed by atoms with Gasteiger partial charge >= 0.3 is 0 Å². The monoisotopic (exact) mass is 326 g/mol. The highest BCUT2D eigenvalue weighted by Crippen LogP contribution is 2.33. The number of hydrogen-bond donors (Lipinski definition) is 1. The van der Waals surface area contributed by atoms with Crippen molar-refractivity contribution in [2.45, 2.75) is 38.8 Å². The maximum atomic E-state index is 12.2. The molecule has 2 aliphatic rings. The summed E-state index contributed by atoms with van der Waals surface area (Å²) in [4.78, 5) is 27.0. The molecule has 1 aliphatic heterocycles. The Kier molecular flexibility index (Phi) is 4.15. The fraction of sp³-hybridized carbons (Fsp3) is 0.529. The lowest BCUT2D eigenvalue weighted by Gasteiger charge is -2.29. The Bertz CT molecular complexity index is 710. The molecule has 7 nitrogen and oxygen atoms in total. The summed E-state index contributed by atoms with van der Waals surface area (Å²) in [5.74, 6) is 1.49. The van der Waals surface area contributed by atoms with Gasteiger partial charge in [0.05, 0.1) is 18.6 Å². The van der Waals surface area contributed by atoms with E-state index in [4.69, 9.17) is 0 Å². The lowest BCUT2D eigenvalue weighted by atomic mass is 10.0. The molecule has 0 radical (unpaired) electrons. The van der Waals surface area contributed by atoms with E-state index in [1.165, 1.54) is 5.56 Å². The highest BCUT2D eigenvalue weighted by atomic mass is 16.2. The quantitative estimate of drug-likeness (QED) is 0.814. The first kappa shape index (κ1) is 15.1. The number of aryl methyl sites for hydroxylation is 1. The number of imidazole rings is 1. The van der Waals surface area contributed by atoms with Gasteiger partial charge in [-0.15, -0.1) is 0 Å². The smallest absolute Gasteiger partial charge is 0.226 e. The Balaban J connectivity index is 1.35. The van der Waals surface area contributed by atoms with Crippen LogP contribution in [0.4, 0.5) is 5.82 Å². The molecule has 4 rings (SSSR count). The van der Waals surface area contributed by atoms with E-state index < -0.39 is 0 Å². The highest BCUT2D eigenvalue weighted by molar-refractivity contribution is 5.81. The molecule has 0 unspecified atom stereocenters. The molecule has 0 bridgehead atoms. The molecule has 2 aromatic heterocycles. The maximum Gasteiger partial charge on any atom is 0.226 e. The van der Waals surface area contributed by atoms with Gasteiger partial charge in [0.2, 0.25) is 5.91 Å². The van der Waals surface area contributed by atoms with Crippen LogP contribution in [0.3, 0.4) is 0 Å². The third-order valence-corrected chi connectivity index (χ3v) is 4.69. The summed E-state index contributed by atoms with van der Waals surface area (Å²) < 4.78 is 2.07. The lowest BCUT2D eigenvalue weighted by molar-refractivity contribution is -0.133. The van der Waals surface area contributed by atoms with Crippen molar-refractivity contribution in [1.29, 1.82) is 0 Å². The van der Waals surface area contributed by atoms with Gasteiger partial charge in [-0.1, -0.05) is 0 Å². The van der Waals surface area contributed by atoms with Crippen LogP contribution in [0, 0.1) is 5.92 Å². The van der Waals surface area contributed by atoms with Crippen molar-refractivity contribution >= 4 is 11.7 Å².